The summed E-state index contributed by atoms with van der Waals surface area (Å²) in [6.45, 7) is 5.03. The number of nitrogens with one attached hydrogen (secondary N) is 8. The van der Waals surface area contributed by atoms with Gasteiger partial charge in [0.1, 0.15) is 42.0 Å². The highest BCUT2D eigenvalue weighted by Gasteiger charge is 2.35. The summed E-state index contributed by atoms with van der Waals surface area (Å²) in [5, 5.41) is 32.3. The van der Waals surface area contributed by atoms with Gasteiger partial charge in [0, 0.05) is 36.4 Å². The number of carbonyl (C=O) groups is 8. The lowest BCUT2D eigenvalue weighted by molar-refractivity contribution is -0.136. The summed E-state index contributed by atoms with van der Waals surface area (Å²) in [5.41, 5.74) is 24.8. The van der Waals surface area contributed by atoms with Crippen LogP contribution in [0, 0.1) is 5.92 Å². The van der Waals surface area contributed by atoms with Gasteiger partial charge in [-0.25, -0.2) is 0 Å². The number of hydrogen-bond acceptors (Lipinski definition) is 12. The highest BCUT2D eigenvalue weighted by molar-refractivity contribution is 6.02. The minimum atomic E-state index is -1.40. The largest absolute Gasteiger partial charge is 0.508 e. The first-order valence-corrected chi connectivity index (χ1v) is 30.7. The van der Waals surface area contributed by atoms with E-state index >= 15 is 9.59 Å². The summed E-state index contributed by atoms with van der Waals surface area (Å²) < 4.78 is 0. The monoisotopic (exact) mass is 1230 g/mol. The summed E-state index contributed by atoms with van der Waals surface area (Å²) >= 11 is 0. The first kappa shape index (κ1) is 66.9. The van der Waals surface area contributed by atoms with Gasteiger partial charge in [-0.15, -0.1) is 0 Å². The van der Waals surface area contributed by atoms with Crippen LogP contribution in [0.3, 0.4) is 0 Å². The zero-order valence-electron chi connectivity index (χ0n) is 51.3. The maximum absolute atomic E-state index is 15.1. The molecule has 0 unspecified atom stereocenters. The van der Waals surface area contributed by atoms with Crippen LogP contribution in [0.2, 0.25) is 0 Å². The normalized spacial score (nSPS) is 13.9. The second-order valence-electron chi connectivity index (χ2n) is 23.3. The molecule has 8 aromatic rings. The fourth-order valence-corrected chi connectivity index (χ4v) is 10.8. The number of benzene rings is 7. The molecule has 8 rings (SSSR count). The molecule has 0 aliphatic rings. The van der Waals surface area contributed by atoms with E-state index in [1.807, 2.05) is 91.0 Å². The van der Waals surface area contributed by atoms with E-state index in [9.17, 15) is 33.9 Å². The van der Waals surface area contributed by atoms with E-state index in [0.29, 0.717) is 29.5 Å². The minimum absolute atomic E-state index is 0.00870. The quantitative estimate of drug-likeness (QED) is 0.0258. The van der Waals surface area contributed by atoms with Crippen LogP contribution in [0.4, 0.5) is 0 Å². The van der Waals surface area contributed by atoms with Gasteiger partial charge in [-0.3, -0.25) is 43.7 Å². The van der Waals surface area contributed by atoms with Gasteiger partial charge in [0.15, 0.2) is 0 Å². The molecular formula is C71H81N11O9. The zero-order chi connectivity index (χ0) is 65.0. The molecule has 8 amide bonds. The van der Waals surface area contributed by atoms with E-state index in [1.165, 1.54) is 19.1 Å². The van der Waals surface area contributed by atoms with Crippen molar-refractivity contribution in [2.24, 2.45) is 23.1 Å². The lowest BCUT2D eigenvalue weighted by Gasteiger charge is -2.28. The molecule has 1 aromatic heterocycles. The number of para-hydroxylation sites is 1. The summed E-state index contributed by atoms with van der Waals surface area (Å²) in [6, 6.07) is 43.6. The Kier molecular flexibility index (Phi) is 23.9. The van der Waals surface area contributed by atoms with Crippen LogP contribution >= 0.6 is 0 Å². The zero-order valence-corrected chi connectivity index (χ0v) is 51.3. The first-order chi connectivity index (χ1) is 43.8. The Balaban J connectivity index is 1.01. The van der Waals surface area contributed by atoms with Gasteiger partial charge in [0.05, 0.1) is 12.1 Å². The van der Waals surface area contributed by atoms with Gasteiger partial charge in [0.25, 0.3) is 0 Å². The molecule has 20 heteroatoms. The van der Waals surface area contributed by atoms with Crippen molar-refractivity contribution < 1.29 is 43.5 Å². The Bertz CT molecular complexity index is 3800. The number of unbranched alkanes of at least 4 members (excludes halogenated alkanes) is 1. The maximum atomic E-state index is 15.1. The van der Waals surface area contributed by atoms with Crippen molar-refractivity contribution in [3.8, 4) is 16.9 Å². The molecular weight excluding hydrogens is 1150 g/mol. The SMILES string of the molecule is CC(C)[C@H](NC(=O)[C@H](CCCCN)NC(=O)[C@@H](Cc1c[nH]c2ccccc12)NC(=O)[C@H](Cc1ccc(O)cc1)NC(=O)[C@H](Cc1ccccc1)NC(=O)[C@H](N)Cc1cccc(-c2ccc3ccccc3c2)c1)C(=O)N[C@@H](C)C(=O)NC(=O)[C@@H](N)Cc1ccccc1. The van der Waals surface area contributed by atoms with Crippen LogP contribution in [-0.4, -0.2) is 112 Å². The predicted octanol–water partition coefficient (Wildman–Crippen LogP) is 5.22. The number of imide groups is 1. The minimum Gasteiger partial charge on any atom is -0.508 e. The predicted molar refractivity (Wildman–Crippen MR) is 351 cm³/mol. The van der Waals surface area contributed by atoms with Gasteiger partial charge < -0.3 is 59.2 Å². The number of carbonyl (C=O) groups excluding carboxylic acids is 8. The molecule has 20 nitrogen and oxygen atoms in total. The van der Waals surface area contributed by atoms with E-state index in [0.717, 1.165) is 43.9 Å². The molecule has 15 N–H and O–H groups in total. The Morgan fingerprint density at radius 2 is 0.956 bits per heavy atom. The number of aromatic amines is 1. The summed E-state index contributed by atoms with van der Waals surface area (Å²) in [4.78, 5) is 117. The van der Waals surface area contributed by atoms with Gasteiger partial charge in [-0.05, 0) is 125 Å². The third-order valence-corrected chi connectivity index (χ3v) is 15.9. The lowest BCUT2D eigenvalue weighted by atomic mass is 9.97. The molecule has 0 radical (unpaired) electrons. The van der Waals surface area contributed by atoms with E-state index < -0.39 is 102 Å². The van der Waals surface area contributed by atoms with E-state index in [1.54, 1.807) is 80.7 Å². The Morgan fingerprint density at radius 1 is 0.440 bits per heavy atom. The van der Waals surface area contributed by atoms with E-state index in [-0.39, 0.29) is 50.8 Å². The molecule has 0 spiro atoms. The number of rotatable bonds is 30. The van der Waals surface area contributed by atoms with Gasteiger partial charge >= 0.3 is 0 Å². The van der Waals surface area contributed by atoms with Crippen molar-refractivity contribution >= 4 is 68.9 Å². The van der Waals surface area contributed by atoms with Crippen LogP contribution in [0.15, 0.2) is 182 Å². The second kappa shape index (κ2) is 32.5. The van der Waals surface area contributed by atoms with Crippen molar-refractivity contribution in [1.82, 2.24) is 42.2 Å². The highest BCUT2D eigenvalue weighted by Crippen LogP contribution is 2.26. The molecule has 8 atom stereocenters. The van der Waals surface area contributed by atoms with Crippen molar-refractivity contribution in [3.05, 3.63) is 210 Å². The lowest BCUT2D eigenvalue weighted by Crippen LogP contribution is -2.61. The Hall–Kier alpha value is -10.0. The molecule has 7 aromatic carbocycles. The topological polar surface area (TPSA) is 335 Å². The fraction of sp³-hybridized carbons (Fsp3) is 0.296. The Morgan fingerprint density at radius 3 is 1.60 bits per heavy atom. The Labute approximate surface area is 529 Å². The molecule has 0 aliphatic carbocycles. The third-order valence-electron chi connectivity index (χ3n) is 15.9. The van der Waals surface area contributed by atoms with Gasteiger partial charge in [-0.1, -0.05) is 166 Å². The van der Waals surface area contributed by atoms with Crippen LogP contribution < -0.4 is 54.4 Å². The maximum Gasteiger partial charge on any atom is 0.248 e. The standard InChI is InChI=1S/C71H81N11O9/c1-43(2)63(71(91)76-44(3)64(84)82-66(86)56(73)36-45-17-6-4-7-18-45)81-67(87)59(27-14-15-34-72)77-70(90)62(41-53-42-75-58-26-13-12-25-55(53)58)80-69(89)61(39-47-28-32-54(83)33-29-47)79-68(88)60(38-46-19-8-5-9-20-46)78-65(85)57(74)37-48-21-16-24-50(35-48)52-31-30-49-22-10-11-23-51(49)40-52/h4-13,16-26,28-33,35,40,42-44,56-57,59-63,75,83H,14-15,27,34,36-39,41,72-74H2,1-3H3,(H,76,91)(H,77,90)(H,78,85)(H,79,88)(H,80,89)(H,81,87)(H,82,84,86)/t44-,56-,57+,59-,60-,61-,62+,63-/m0/s1. The van der Waals surface area contributed by atoms with Crippen molar-refractivity contribution in [2.45, 2.75) is 120 Å². The number of aromatic nitrogens is 1. The number of amides is 8. The van der Waals surface area contributed by atoms with Crippen LogP contribution in [0.1, 0.15) is 67.9 Å². The third kappa shape index (κ3) is 19.2. The van der Waals surface area contributed by atoms with Crippen LogP contribution in [0.5, 0.6) is 5.75 Å². The molecule has 474 valence electrons. The molecule has 91 heavy (non-hydrogen) atoms. The summed E-state index contributed by atoms with van der Waals surface area (Å²) in [6.07, 6.45) is 2.69. The number of phenolic OH excluding ortho intramolecular Hbond substituents is 1. The number of phenols is 1. The molecule has 1 heterocycles. The smallest absolute Gasteiger partial charge is 0.248 e. The summed E-state index contributed by atoms with van der Waals surface area (Å²) in [7, 11) is 0. The molecule has 0 aliphatic heterocycles. The molecule has 0 bridgehead atoms. The van der Waals surface area contributed by atoms with E-state index in [4.69, 9.17) is 17.2 Å². The number of nitrogens with two attached hydrogens (primary N) is 3. The fourth-order valence-electron chi connectivity index (χ4n) is 10.8. The number of fused-ring (bicyclic) bond motifs is 2. The number of H-pyrrole nitrogens is 1. The highest BCUT2D eigenvalue weighted by atomic mass is 16.3. The molecule has 0 saturated heterocycles. The number of hydrogen-bond donors (Lipinski definition) is 12. The molecule has 0 saturated carbocycles. The van der Waals surface area contributed by atoms with Crippen LogP contribution in [-0.2, 0) is 70.5 Å². The molecule has 0 fully saturated rings. The van der Waals surface area contributed by atoms with Gasteiger partial charge in [-0.2, -0.15) is 0 Å². The summed E-state index contributed by atoms with van der Waals surface area (Å²) in [5.74, 6) is -6.54. The van der Waals surface area contributed by atoms with Crippen molar-refractivity contribution in [1.29, 1.82) is 0 Å². The van der Waals surface area contributed by atoms with Crippen LogP contribution in [0.25, 0.3) is 32.8 Å². The van der Waals surface area contributed by atoms with Crippen molar-refractivity contribution in [2.75, 3.05) is 6.54 Å². The first-order valence-electron chi connectivity index (χ1n) is 30.7. The van der Waals surface area contributed by atoms with Crippen molar-refractivity contribution in [3.63, 3.8) is 0 Å². The number of aromatic hydroxyl groups is 1. The average molecular weight is 1230 g/mol. The second-order valence-corrected chi connectivity index (χ2v) is 23.3. The van der Waals surface area contributed by atoms with E-state index in [2.05, 4.69) is 54.3 Å². The average Bonchev–Trinajstić information content (AvgIpc) is 2.22. The van der Waals surface area contributed by atoms with Gasteiger partial charge in [0.2, 0.25) is 47.3 Å².